The third-order valence-corrected chi connectivity index (χ3v) is 4.67. The summed E-state index contributed by atoms with van der Waals surface area (Å²) in [5.41, 5.74) is 7.47. The molecule has 0 radical (unpaired) electrons. The zero-order chi connectivity index (χ0) is 14.9. The molecule has 0 heterocycles. The van der Waals surface area contributed by atoms with E-state index < -0.39 is 15.9 Å². The monoisotopic (exact) mass is 357 g/mol. The van der Waals surface area contributed by atoms with Crippen LogP contribution in [0.2, 0.25) is 0 Å². The van der Waals surface area contributed by atoms with Crippen molar-refractivity contribution < 1.29 is 12.8 Å². The van der Waals surface area contributed by atoms with E-state index in [2.05, 4.69) is 15.9 Å². The Balaban J connectivity index is 2.43. The average molecular weight is 358 g/mol. The van der Waals surface area contributed by atoms with Crippen molar-refractivity contribution in [3.63, 3.8) is 0 Å². The second-order valence-electron chi connectivity index (χ2n) is 4.50. The highest BCUT2D eigenvalue weighted by Gasteiger charge is 2.14. The predicted molar refractivity (Wildman–Crippen MR) is 79.7 cm³/mol. The van der Waals surface area contributed by atoms with Crippen LogP contribution in [0.4, 0.5) is 4.39 Å². The van der Waals surface area contributed by atoms with E-state index in [1.165, 1.54) is 18.2 Å². The van der Waals surface area contributed by atoms with Crippen LogP contribution >= 0.6 is 15.9 Å². The number of benzene rings is 2. The van der Waals surface area contributed by atoms with E-state index >= 15 is 0 Å². The van der Waals surface area contributed by atoms with Crippen LogP contribution in [0.5, 0.6) is 0 Å². The summed E-state index contributed by atoms with van der Waals surface area (Å²) in [6, 6.07) is 10.4. The van der Waals surface area contributed by atoms with Gasteiger partial charge in [-0.1, -0.05) is 18.2 Å². The first kappa shape index (κ1) is 15.2. The van der Waals surface area contributed by atoms with Crippen molar-refractivity contribution in [3.05, 3.63) is 63.9 Å². The van der Waals surface area contributed by atoms with Gasteiger partial charge in [-0.3, -0.25) is 0 Å². The van der Waals surface area contributed by atoms with Crippen molar-refractivity contribution in [1.29, 1.82) is 0 Å². The van der Waals surface area contributed by atoms with Crippen LogP contribution < -0.4 is 5.73 Å². The van der Waals surface area contributed by atoms with E-state index in [-0.39, 0.29) is 10.7 Å². The molecule has 3 nitrogen and oxygen atoms in total. The van der Waals surface area contributed by atoms with Gasteiger partial charge < -0.3 is 5.73 Å². The minimum Gasteiger partial charge on any atom is -0.320 e. The summed E-state index contributed by atoms with van der Waals surface area (Å²) in [4.78, 5) is 0.214. The first-order valence-corrected chi connectivity index (χ1v) is 8.48. The molecular formula is C14H13BrFNO2S. The highest BCUT2D eigenvalue weighted by atomic mass is 79.9. The smallest absolute Gasteiger partial charge is 0.175 e. The van der Waals surface area contributed by atoms with Crippen LogP contribution in [-0.2, 0) is 9.84 Å². The molecule has 6 heteroatoms. The maximum absolute atomic E-state index is 13.2. The Hall–Kier alpha value is -1.24. The molecule has 0 aliphatic rings. The number of hydrogen-bond donors (Lipinski definition) is 1. The Morgan fingerprint density at radius 1 is 1.15 bits per heavy atom. The van der Waals surface area contributed by atoms with Crippen LogP contribution in [0.15, 0.2) is 51.8 Å². The van der Waals surface area contributed by atoms with E-state index in [1.54, 1.807) is 24.3 Å². The van der Waals surface area contributed by atoms with E-state index in [4.69, 9.17) is 5.73 Å². The third kappa shape index (κ3) is 3.26. The summed E-state index contributed by atoms with van der Waals surface area (Å²) in [5.74, 6) is -0.370. The highest BCUT2D eigenvalue weighted by Crippen LogP contribution is 2.25. The quantitative estimate of drug-likeness (QED) is 0.918. The van der Waals surface area contributed by atoms with Crippen molar-refractivity contribution in [3.8, 4) is 0 Å². The van der Waals surface area contributed by atoms with Crippen LogP contribution in [-0.4, -0.2) is 14.7 Å². The highest BCUT2D eigenvalue weighted by molar-refractivity contribution is 9.10. The molecule has 20 heavy (non-hydrogen) atoms. The predicted octanol–water partition coefficient (Wildman–Crippen LogP) is 3.04. The summed E-state index contributed by atoms with van der Waals surface area (Å²) in [7, 11) is -3.28. The molecule has 0 fully saturated rings. The number of nitrogens with two attached hydrogens (primary N) is 1. The van der Waals surface area contributed by atoms with Crippen molar-refractivity contribution in [2.45, 2.75) is 10.9 Å². The average Bonchev–Trinajstić information content (AvgIpc) is 2.40. The molecule has 0 aromatic heterocycles. The molecule has 1 unspecified atom stereocenters. The maximum atomic E-state index is 13.2. The summed E-state index contributed by atoms with van der Waals surface area (Å²) in [5, 5.41) is 0. The standard InChI is InChI=1S/C14H13BrFNO2S/c1-20(18,19)11-4-2-3-9(7-11)14(17)10-5-6-13(16)12(15)8-10/h2-8,14H,17H2,1H3. The Morgan fingerprint density at radius 2 is 1.80 bits per heavy atom. The van der Waals surface area contributed by atoms with Gasteiger partial charge in [0, 0.05) is 6.26 Å². The normalized spacial score (nSPS) is 13.2. The van der Waals surface area contributed by atoms with Crippen molar-refractivity contribution in [2.24, 2.45) is 5.73 Å². The van der Waals surface area contributed by atoms with Crippen LogP contribution in [0.3, 0.4) is 0 Å². The van der Waals surface area contributed by atoms with Gasteiger partial charge in [-0.25, -0.2) is 12.8 Å². The molecule has 2 rings (SSSR count). The fourth-order valence-corrected chi connectivity index (χ4v) is 2.91. The van der Waals surface area contributed by atoms with Crippen LogP contribution in [0.25, 0.3) is 0 Å². The first-order chi connectivity index (χ1) is 9.29. The molecule has 0 saturated carbocycles. The van der Waals surface area contributed by atoms with Crippen LogP contribution in [0, 0.1) is 5.82 Å². The summed E-state index contributed by atoms with van der Waals surface area (Å²) in [6.45, 7) is 0. The van der Waals surface area contributed by atoms with Gasteiger partial charge in [0.1, 0.15) is 5.82 Å². The minimum atomic E-state index is -3.28. The SMILES string of the molecule is CS(=O)(=O)c1cccc(C(N)c2ccc(F)c(Br)c2)c1. The lowest BCUT2D eigenvalue weighted by atomic mass is 10.00. The zero-order valence-corrected chi connectivity index (χ0v) is 13.1. The van der Waals surface area contributed by atoms with Gasteiger partial charge >= 0.3 is 0 Å². The molecule has 0 amide bonds. The molecule has 2 aromatic carbocycles. The van der Waals surface area contributed by atoms with Gasteiger partial charge in [0.05, 0.1) is 15.4 Å². The Kier molecular flexibility index (Phi) is 4.27. The lowest BCUT2D eigenvalue weighted by molar-refractivity contribution is 0.601. The molecule has 0 spiro atoms. The van der Waals surface area contributed by atoms with Gasteiger partial charge in [0.25, 0.3) is 0 Å². The lowest BCUT2D eigenvalue weighted by Gasteiger charge is -2.14. The molecule has 0 bridgehead atoms. The van der Waals surface area contributed by atoms with Gasteiger partial charge in [-0.05, 0) is 51.3 Å². The van der Waals surface area contributed by atoms with E-state index in [0.717, 1.165) is 6.26 Å². The number of sulfone groups is 1. The Morgan fingerprint density at radius 3 is 2.40 bits per heavy atom. The lowest BCUT2D eigenvalue weighted by Crippen LogP contribution is -2.12. The molecule has 0 saturated heterocycles. The fraction of sp³-hybridized carbons (Fsp3) is 0.143. The van der Waals surface area contributed by atoms with Gasteiger partial charge in [0.15, 0.2) is 9.84 Å². The first-order valence-electron chi connectivity index (χ1n) is 5.79. The third-order valence-electron chi connectivity index (χ3n) is 2.95. The van der Waals surface area contributed by atoms with E-state index in [0.29, 0.717) is 15.6 Å². The molecule has 0 aliphatic heterocycles. The number of halogens is 2. The van der Waals surface area contributed by atoms with Crippen molar-refractivity contribution in [2.75, 3.05) is 6.26 Å². The second-order valence-corrected chi connectivity index (χ2v) is 7.37. The van der Waals surface area contributed by atoms with Crippen molar-refractivity contribution in [1.82, 2.24) is 0 Å². The second kappa shape index (κ2) is 5.63. The molecule has 2 N–H and O–H groups in total. The summed E-state index contributed by atoms with van der Waals surface area (Å²) in [6.07, 6.45) is 1.14. The van der Waals surface area contributed by atoms with E-state index in [9.17, 15) is 12.8 Å². The summed E-state index contributed by atoms with van der Waals surface area (Å²) >= 11 is 3.11. The molecule has 1 atom stereocenters. The van der Waals surface area contributed by atoms with Gasteiger partial charge in [0.2, 0.25) is 0 Å². The Labute approximate surface area is 125 Å². The maximum Gasteiger partial charge on any atom is 0.175 e. The summed E-state index contributed by atoms with van der Waals surface area (Å²) < 4.78 is 36.6. The molecule has 2 aromatic rings. The minimum absolute atomic E-state index is 0.214. The van der Waals surface area contributed by atoms with Crippen molar-refractivity contribution >= 4 is 25.8 Å². The number of rotatable bonds is 3. The zero-order valence-electron chi connectivity index (χ0n) is 10.7. The molecular weight excluding hydrogens is 345 g/mol. The Bertz CT molecular complexity index is 747. The largest absolute Gasteiger partial charge is 0.320 e. The van der Waals surface area contributed by atoms with Crippen LogP contribution in [0.1, 0.15) is 17.2 Å². The van der Waals surface area contributed by atoms with Gasteiger partial charge in [-0.2, -0.15) is 0 Å². The van der Waals surface area contributed by atoms with Gasteiger partial charge in [-0.15, -0.1) is 0 Å². The number of hydrogen-bond acceptors (Lipinski definition) is 3. The topological polar surface area (TPSA) is 60.2 Å². The molecule has 106 valence electrons. The molecule has 0 aliphatic carbocycles. The van der Waals surface area contributed by atoms with E-state index in [1.807, 2.05) is 0 Å². The fourth-order valence-electron chi connectivity index (χ4n) is 1.84.